The van der Waals surface area contributed by atoms with Crippen LogP contribution in [-0.4, -0.2) is 19.1 Å². The average molecular weight is 413 g/mol. The Bertz CT molecular complexity index is 955. The Morgan fingerprint density at radius 3 is 2.79 bits per heavy atom. The fourth-order valence-electron chi connectivity index (χ4n) is 3.29. The van der Waals surface area contributed by atoms with E-state index < -0.39 is 0 Å². The van der Waals surface area contributed by atoms with Crippen molar-refractivity contribution in [1.82, 2.24) is 0 Å². The van der Waals surface area contributed by atoms with Gasteiger partial charge in [0.2, 0.25) is 5.91 Å². The Morgan fingerprint density at radius 1 is 1.14 bits per heavy atom. The van der Waals surface area contributed by atoms with Gasteiger partial charge in [-0.1, -0.05) is 29.8 Å². The predicted molar refractivity (Wildman–Crippen MR) is 115 cm³/mol. The Hall–Kier alpha value is -2.34. The van der Waals surface area contributed by atoms with Crippen LogP contribution in [0.5, 0.6) is 0 Å². The number of rotatable bonds is 6. The minimum Gasteiger partial charge on any atom is -0.367 e. The Kier molecular flexibility index (Phi) is 5.95. The van der Waals surface area contributed by atoms with E-state index in [1.807, 2.05) is 47.7 Å². The van der Waals surface area contributed by atoms with Gasteiger partial charge in [-0.3, -0.25) is 4.79 Å². The molecule has 0 fully saturated rings. The molecule has 1 aliphatic heterocycles. The molecule has 1 N–H and O–H groups in total. The van der Waals surface area contributed by atoms with Crippen molar-refractivity contribution >= 4 is 40.2 Å². The molecule has 3 aromatic rings. The highest BCUT2D eigenvalue weighted by molar-refractivity contribution is 7.10. The van der Waals surface area contributed by atoms with Crippen molar-refractivity contribution in [2.45, 2.75) is 19.6 Å². The van der Waals surface area contributed by atoms with Crippen LogP contribution < -0.4 is 10.2 Å². The molecule has 0 atom stereocenters. The Balaban J connectivity index is 1.27. The zero-order valence-corrected chi connectivity index (χ0v) is 16.9. The number of carbonyl (C=O) groups excluding carboxylic acids is 1. The van der Waals surface area contributed by atoms with Crippen LogP contribution in [0.25, 0.3) is 0 Å². The fraction of sp³-hybridized carbons (Fsp3) is 0.227. The third-order valence-electron chi connectivity index (χ3n) is 4.77. The van der Waals surface area contributed by atoms with E-state index >= 15 is 0 Å². The standard InChI is InChI=1S/C22H21ClN2O2S/c23-20-4-2-1-3-17(20)14-27-15-22(26)24-18-5-7-19(8-6-18)25-11-9-21-16(13-25)10-12-28-21/h1-8,10,12H,9,11,13-15H2,(H,24,26). The van der Waals surface area contributed by atoms with Gasteiger partial charge >= 0.3 is 0 Å². The van der Waals surface area contributed by atoms with Crippen molar-refractivity contribution < 1.29 is 9.53 Å². The molecule has 2 heterocycles. The van der Waals surface area contributed by atoms with Crippen LogP contribution in [-0.2, 0) is 29.1 Å². The highest BCUT2D eigenvalue weighted by Crippen LogP contribution is 2.28. The van der Waals surface area contributed by atoms with Gasteiger partial charge in [-0.05, 0) is 59.3 Å². The minimum atomic E-state index is -0.180. The zero-order chi connectivity index (χ0) is 19.3. The van der Waals surface area contributed by atoms with Gasteiger partial charge in [0.15, 0.2) is 0 Å². The third kappa shape index (κ3) is 4.55. The van der Waals surface area contributed by atoms with E-state index in [4.69, 9.17) is 16.3 Å². The second kappa shape index (κ2) is 8.78. The van der Waals surface area contributed by atoms with Gasteiger partial charge in [0.25, 0.3) is 0 Å². The molecule has 4 nitrogen and oxygen atoms in total. The maximum absolute atomic E-state index is 12.1. The number of nitrogens with zero attached hydrogens (tertiary/aromatic N) is 1. The highest BCUT2D eigenvalue weighted by Gasteiger charge is 2.17. The maximum Gasteiger partial charge on any atom is 0.250 e. The highest BCUT2D eigenvalue weighted by atomic mass is 35.5. The lowest BCUT2D eigenvalue weighted by Crippen LogP contribution is -2.29. The van der Waals surface area contributed by atoms with Gasteiger partial charge in [0.1, 0.15) is 6.61 Å². The molecule has 1 amide bonds. The number of amides is 1. The number of halogens is 1. The third-order valence-corrected chi connectivity index (χ3v) is 6.16. The van der Waals surface area contributed by atoms with Gasteiger partial charge < -0.3 is 15.0 Å². The number of fused-ring (bicyclic) bond motifs is 1. The summed E-state index contributed by atoms with van der Waals surface area (Å²) in [5.41, 5.74) is 4.23. The molecule has 0 saturated heterocycles. The summed E-state index contributed by atoms with van der Waals surface area (Å²) in [4.78, 5) is 16.0. The molecule has 0 bridgehead atoms. The van der Waals surface area contributed by atoms with Crippen molar-refractivity contribution in [3.8, 4) is 0 Å². The lowest BCUT2D eigenvalue weighted by Gasteiger charge is -2.29. The smallest absolute Gasteiger partial charge is 0.250 e. The molecular weight excluding hydrogens is 392 g/mol. The molecule has 1 aromatic heterocycles. The number of hydrogen-bond acceptors (Lipinski definition) is 4. The van der Waals surface area contributed by atoms with E-state index in [1.54, 1.807) is 0 Å². The molecule has 0 spiro atoms. The SMILES string of the molecule is O=C(COCc1ccccc1Cl)Nc1ccc(N2CCc3sccc3C2)cc1. The quantitative estimate of drug-likeness (QED) is 0.611. The number of carbonyl (C=O) groups is 1. The molecule has 28 heavy (non-hydrogen) atoms. The van der Waals surface area contributed by atoms with Gasteiger partial charge in [-0.25, -0.2) is 0 Å². The summed E-state index contributed by atoms with van der Waals surface area (Å²) >= 11 is 7.93. The molecule has 0 aliphatic carbocycles. The number of ether oxygens (including phenoxy) is 1. The van der Waals surface area contributed by atoms with Crippen molar-refractivity contribution in [3.63, 3.8) is 0 Å². The summed E-state index contributed by atoms with van der Waals surface area (Å²) in [5, 5.41) is 5.68. The molecule has 1 aliphatic rings. The molecular formula is C22H21ClN2O2S. The topological polar surface area (TPSA) is 41.6 Å². The summed E-state index contributed by atoms with van der Waals surface area (Å²) in [7, 11) is 0. The van der Waals surface area contributed by atoms with E-state index in [9.17, 15) is 4.79 Å². The normalized spacial score (nSPS) is 13.2. The molecule has 4 rings (SSSR count). The van der Waals surface area contributed by atoms with Gasteiger partial charge in [-0.15, -0.1) is 11.3 Å². The maximum atomic E-state index is 12.1. The number of benzene rings is 2. The molecule has 0 saturated carbocycles. The van der Waals surface area contributed by atoms with E-state index in [-0.39, 0.29) is 12.5 Å². The van der Waals surface area contributed by atoms with Crippen LogP contribution in [0.4, 0.5) is 11.4 Å². The van der Waals surface area contributed by atoms with Crippen LogP contribution in [0.3, 0.4) is 0 Å². The summed E-state index contributed by atoms with van der Waals surface area (Å²) in [6.07, 6.45) is 1.09. The second-order valence-corrected chi connectivity index (χ2v) is 8.13. The summed E-state index contributed by atoms with van der Waals surface area (Å²) in [6.45, 7) is 2.27. The molecule has 144 valence electrons. The molecule has 0 radical (unpaired) electrons. The van der Waals surface area contributed by atoms with E-state index in [1.165, 1.54) is 16.1 Å². The number of anilines is 2. The van der Waals surface area contributed by atoms with Gasteiger partial charge in [-0.2, -0.15) is 0 Å². The summed E-state index contributed by atoms with van der Waals surface area (Å²) in [5.74, 6) is -0.180. The lowest BCUT2D eigenvalue weighted by molar-refractivity contribution is -0.121. The monoisotopic (exact) mass is 412 g/mol. The largest absolute Gasteiger partial charge is 0.367 e. The number of thiophene rings is 1. The van der Waals surface area contributed by atoms with Crippen molar-refractivity contribution in [3.05, 3.63) is 81.0 Å². The van der Waals surface area contributed by atoms with E-state index in [0.29, 0.717) is 11.6 Å². The van der Waals surface area contributed by atoms with Gasteiger partial charge in [0, 0.05) is 34.4 Å². The molecule has 2 aromatic carbocycles. The van der Waals surface area contributed by atoms with E-state index in [0.717, 1.165) is 30.8 Å². The first-order chi connectivity index (χ1) is 13.7. The summed E-state index contributed by atoms with van der Waals surface area (Å²) in [6, 6.07) is 17.6. The average Bonchev–Trinajstić information content (AvgIpc) is 3.18. The van der Waals surface area contributed by atoms with Crippen LogP contribution in [0.1, 0.15) is 16.0 Å². The van der Waals surface area contributed by atoms with Crippen LogP contribution >= 0.6 is 22.9 Å². The number of hydrogen-bond donors (Lipinski definition) is 1. The Labute approximate surface area is 173 Å². The molecule has 6 heteroatoms. The summed E-state index contributed by atoms with van der Waals surface area (Å²) < 4.78 is 5.48. The first-order valence-electron chi connectivity index (χ1n) is 9.20. The predicted octanol–water partition coefficient (Wildman–Crippen LogP) is 5.12. The van der Waals surface area contributed by atoms with Crippen LogP contribution in [0.2, 0.25) is 5.02 Å². The lowest BCUT2D eigenvalue weighted by atomic mass is 10.1. The first-order valence-corrected chi connectivity index (χ1v) is 10.5. The zero-order valence-electron chi connectivity index (χ0n) is 15.4. The second-order valence-electron chi connectivity index (χ2n) is 6.72. The van der Waals surface area contributed by atoms with Crippen LogP contribution in [0.15, 0.2) is 60.0 Å². The van der Waals surface area contributed by atoms with Gasteiger partial charge in [0.05, 0.1) is 6.61 Å². The van der Waals surface area contributed by atoms with E-state index in [2.05, 4.69) is 33.8 Å². The van der Waals surface area contributed by atoms with Crippen LogP contribution in [0, 0.1) is 0 Å². The van der Waals surface area contributed by atoms with Crippen molar-refractivity contribution in [2.24, 2.45) is 0 Å². The fourth-order valence-corrected chi connectivity index (χ4v) is 4.37. The first kappa shape index (κ1) is 19.0. The number of nitrogens with one attached hydrogen (secondary N) is 1. The Morgan fingerprint density at radius 2 is 1.96 bits per heavy atom. The molecule has 0 unspecified atom stereocenters. The van der Waals surface area contributed by atoms with Crippen molar-refractivity contribution in [2.75, 3.05) is 23.4 Å². The van der Waals surface area contributed by atoms with Crippen molar-refractivity contribution in [1.29, 1.82) is 0 Å². The minimum absolute atomic E-state index is 0.0139.